The first-order valence-electron chi connectivity index (χ1n) is 6.80. The van der Waals surface area contributed by atoms with Crippen LogP contribution in [0.1, 0.15) is 18.5 Å². The van der Waals surface area contributed by atoms with Gasteiger partial charge >= 0.3 is 0 Å². The quantitative estimate of drug-likeness (QED) is 0.193. The number of carbonyl (C=O) groups excluding carboxylic acids is 1. The van der Waals surface area contributed by atoms with Crippen molar-refractivity contribution >= 4 is 6.29 Å². The summed E-state index contributed by atoms with van der Waals surface area (Å²) in [4.78, 5) is 11.2. The van der Waals surface area contributed by atoms with Crippen LogP contribution in [0.5, 0.6) is 11.5 Å². The molecule has 130 valence electrons. The van der Waals surface area contributed by atoms with Gasteiger partial charge in [0.15, 0.2) is 6.29 Å². The van der Waals surface area contributed by atoms with Gasteiger partial charge in [-0.1, -0.05) is 6.07 Å². The van der Waals surface area contributed by atoms with Crippen molar-refractivity contribution in [1.29, 1.82) is 0 Å². The van der Waals surface area contributed by atoms with E-state index >= 15 is 0 Å². The van der Waals surface area contributed by atoms with Crippen molar-refractivity contribution in [1.82, 2.24) is 5.32 Å². The number of phenolic OH excluding ortho intramolecular Hbond substituents is 2. The lowest BCUT2D eigenvalue weighted by molar-refractivity contribution is -0.175. The minimum absolute atomic E-state index is 0.0443. The van der Waals surface area contributed by atoms with Gasteiger partial charge in [0.05, 0.1) is 12.2 Å². The van der Waals surface area contributed by atoms with E-state index in [1.165, 1.54) is 25.1 Å². The molecule has 0 heterocycles. The molecule has 1 aromatic rings. The number of aliphatic hydroxyl groups is 5. The predicted molar refractivity (Wildman–Crippen MR) is 77.4 cm³/mol. The maximum absolute atomic E-state index is 11.2. The Morgan fingerprint density at radius 1 is 1.22 bits per heavy atom. The average molecular weight is 331 g/mol. The van der Waals surface area contributed by atoms with Gasteiger partial charge in [-0.05, 0) is 19.1 Å². The van der Waals surface area contributed by atoms with Crippen molar-refractivity contribution in [3.63, 3.8) is 0 Å². The summed E-state index contributed by atoms with van der Waals surface area (Å²) in [5.74, 6) is -0.632. The molecule has 0 saturated carbocycles. The summed E-state index contributed by atoms with van der Waals surface area (Å²) < 4.78 is 0. The van der Waals surface area contributed by atoms with Crippen LogP contribution < -0.4 is 5.32 Å². The minimum atomic E-state index is -2.70. The second-order valence-electron chi connectivity index (χ2n) is 5.20. The highest BCUT2D eigenvalue weighted by molar-refractivity contribution is 5.63. The molecule has 0 aromatic heterocycles. The van der Waals surface area contributed by atoms with Crippen LogP contribution >= 0.6 is 0 Å². The van der Waals surface area contributed by atoms with Crippen LogP contribution in [-0.2, 0) is 4.79 Å². The zero-order valence-corrected chi connectivity index (χ0v) is 12.4. The molecule has 0 aliphatic carbocycles. The highest BCUT2D eigenvalue weighted by atomic mass is 16.4. The predicted octanol–water partition coefficient (Wildman–Crippen LogP) is -2.29. The standard InChI is InChI=1S/C14H21NO8/c1-7(11-8(18)3-2-4-9(11)19)15-14(23,6-17)13(22)12(21)10(20)5-16/h2-4,6-7,10,12-13,15-16,18-23H,5H2,1H3/t7?,10-,12+,13-,14+/m1/s1. The first kappa shape index (κ1) is 19.3. The number of carbonyl (C=O) groups is 1. The second-order valence-corrected chi connectivity index (χ2v) is 5.20. The van der Waals surface area contributed by atoms with Crippen LogP contribution in [0, 0.1) is 0 Å². The lowest BCUT2D eigenvalue weighted by Gasteiger charge is -2.35. The number of benzene rings is 1. The Morgan fingerprint density at radius 2 is 1.74 bits per heavy atom. The topological polar surface area (TPSA) is 171 Å². The van der Waals surface area contributed by atoms with Crippen LogP contribution in [0.15, 0.2) is 18.2 Å². The van der Waals surface area contributed by atoms with Crippen molar-refractivity contribution in [2.75, 3.05) is 6.61 Å². The van der Waals surface area contributed by atoms with Gasteiger partial charge in [-0.25, -0.2) is 0 Å². The first-order valence-corrected chi connectivity index (χ1v) is 6.80. The molecule has 0 aliphatic rings. The molecule has 9 heteroatoms. The van der Waals surface area contributed by atoms with Gasteiger partial charge in [-0.2, -0.15) is 0 Å². The average Bonchev–Trinajstić information content (AvgIpc) is 2.52. The van der Waals surface area contributed by atoms with Gasteiger partial charge < -0.3 is 35.7 Å². The number of hydrogen-bond acceptors (Lipinski definition) is 9. The fourth-order valence-electron chi connectivity index (χ4n) is 2.17. The van der Waals surface area contributed by atoms with Crippen molar-refractivity contribution in [3.05, 3.63) is 23.8 Å². The highest BCUT2D eigenvalue weighted by Gasteiger charge is 2.43. The Kier molecular flexibility index (Phi) is 6.45. The molecule has 23 heavy (non-hydrogen) atoms. The maximum atomic E-state index is 11.2. The summed E-state index contributed by atoms with van der Waals surface area (Å²) in [6.07, 6.45) is -6.09. The Hall–Kier alpha value is -1.75. The molecule has 0 spiro atoms. The molecule has 5 atom stereocenters. The fourth-order valence-corrected chi connectivity index (χ4v) is 2.17. The van der Waals surface area contributed by atoms with Crippen LogP contribution in [0.2, 0.25) is 0 Å². The Labute approximate surface area is 132 Å². The van der Waals surface area contributed by atoms with Crippen LogP contribution in [0.3, 0.4) is 0 Å². The van der Waals surface area contributed by atoms with Gasteiger partial charge in [0, 0.05) is 6.04 Å². The van der Waals surface area contributed by atoms with E-state index < -0.39 is 36.7 Å². The van der Waals surface area contributed by atoms with Gasteiger partial charge in [-0.3, -0.25) is 10.1 Å². The van der Waals surface area contributed by atoms with E-state index in [9.17, 15) is 35.4 Å². The summed E-state index contributed by atoms with van der Waals surface area (Å²) in [7, 11) is 0. The molecule has 1 rings (SSSR count). The van der Waals surface area contributed by atoms with E-state index in [0.717, 1.165) is 0 Å². The van der Waals surface area contributed by atoms with Gasteiger partial charge in [0.25, 0.3) is 0 Å². The molecule has 0 saturated heterocycles. The van der Waals surface area contributed by atoms with Gasteiger partial charge in [-0.15, -0.1) is 0 Å². The van der Waals surface area contributed by atoms with E-state index in [0.29, 0.717) is 0 Å². The molecular formula is C14H21NO8. The number of rotatable bonds is 8. The van der Waals surface area contributed by atoms with Crippen LogP contribution in [0.25, 0.3) is 0 Å². The van der Waals surface area contributed by atoms with Gasteiger partial charge in [0.1, 0.15) is 29.8 Å². The first-order chi connectivity index (χ1) is 10.7. The Balaban J connectivity index is 3.04. The summed E-state index contributed by atoms with van der Waals surface area (Å²) in [6, 6.07) is 2.91. The van der Waals surface area contributed by atoms with E-state index in [2.05, 4.69) is 5.32 Å². The third-order valence-electron chi connectivity index (χ3n) is 3.48. The smallest absolute Gasteiger partial charge is 0.202 e. The number of hydrogen-bond donors (Lipinski definition) is 8. The van der Waals surface area contributed by atoms with E-state index in [-0.39, 0.29) is 23.3 Å². The molecule has 0 fully saturated rings. The lowest BCUT2D eigenvalue weighted by Crippen LogP contribution is -2.62. The van der Waals surface area contributed by atoms with Crippen molar-refractivity contribution in [3.8, 4) is 11.5 Å². The largest absolute Gasteiger partial charge is 0.507 e. The lowest BCUT2D eigenvalue weighted by atomic mass is 9.96. The summed E-state index contributed by atoms with van der Waals surface area (Å²) in [6.45, 7) is 0.480. The Morgan fingerprint density at radius 3 is 2.17 bits per heavy atom. The summed E-state index contributed by atoms with van der Waals surface area (Å²) >= 11 is 0. The number of aldehydes is 1. The molecular weight excluding hydrogens is 310 g/mol. The number of aromatic hydroxyl groups is 2. The Bertz CT molecular complexity index is 519. The highest BCUT2D eigenvalue weighted by Crippen LogP contribution is 2.33. The van der Waals surface area contributed by atoms with Gasteiger partial charge in [0.2, 0.25) is 5.72 Å². The molecule has 0 aliphatic heterocycles. The molecule has 1 unspecified atom stereocenters. The molecule has 0 radical (unpaired) electrons. The zero-order chi connectivity index (χ0) is 17.8. The summed E-state index contributed by atoms with van der Waals surface area (Å²) in [5.41, 5.74) is -2.75. The number of nitrogens with one attached hydrogen (secondary N) is 1. The van der Waals surface area contributed by atoms with E-state index in [1.54, 1.807) is 0 Å². The third kappa shape index (κ3) is 4.16. The molecule has 0 bridgehead atoms. The van der Waals surface area contributed by atoms with Crippen LogP contribution in [0.4, 0.5) is 0 Å². The fraction of sp³-hybridized carbons (Fsp3) is 0.500. The SMILES string of the molecule is CC(N[C@](O)(C=O)[C@H](O)[C@@H](O)[C@H](O)CO)c1c(O)cccc1O. The number of phenols is 2. The minimum Gasteiger partial charge on any atom is -0.507 e. The van der Waals surface area contributed by atoms with Crippen molar-refractivity contribution < 1.29 is 40.5 Å². The van der Waals surface area contributed by atoms with Crippen molar-refractivity contribution in [2.24, 2.45) is 0 Å². The molecule has 0 amide bonds. The monoisotopic (exact) mass is 331 g/mol. The summed E-state index contributed by atoms with van der Waals surface area (Å²) in [5, 5.41) is 69.5. The molecule has 1 aromatic carbocycles. The maximum Gasteiger partial charge on any atom is 0.202 e. The normalized spacial score (nSPS) is 19.4. The zero-order valence-electron chi connectivity index (χ0n) is 12.4. The van der Waals surface area contributed by atoms with Crippen molar-refractivity contribution in [2.45, 2.75) is 37.0 Å². The third-order valence-corrected chi connectivity index (χ3v) is 3.48. The van der Waals surface area contributed by atoms with E-state index in [4.69, 9.17) is 5.11 Å². The van der Waals surface area contributed by atoms with E-state index in [1.807, 2.05) is 0 Å². The number of aliphatic hydroxyl groups excluding tert-OH is 4. The molecule has 8 N–H and O–H groups in total. The second kappa shape index (κ2) is 7.68. The van der Waals surface area contributed by atoms with Crippen LogP contribution in [-0.4, -0.2) is 72.7 Å². The molecule has 9 nitrogen and oxygen atoms in total.